The summed E-state index contributed by atoms with van der Waals surface area (Å²) in [6, 6.07) is 8.87. The van der Waals surface area contributed by atoms with Crippen LogP contribution in [0.25, 0.3) is 0 Å². The molecule has 1 aliphatic rings. The number of aromatic nitrogens is 1. The van der Waals surface area contributed by atoms with Crippen molar-refractivity contribution in [1.29, 1.82) is 5.26 Å². The summed E-state index contributed by atoms with van der Waals surface area (Å²) in [7, 11) is 0. The van der Waals surface area contributed by atoms with Crippen molar-refractivity contribution in [1.82, 2.24) is 9.88 Å². The number of benzene rings is 1. The molecule has 1 fully saturated rings. The Morgan fingerprint density at radius 2 is 2.26 bits per heavy atom. The molecule has 0 bridgehead atoms. The van der Waals surface area contributed by atoms with E-state index in [0.717, 1.165) is 37.9 Å². The number of anilines is 1. The van der Waals surface area contributed by atoms with E-state index in [1.165, 1.54) is 11.3 Å². The Labute approximate surface area is 138 Å². The fraction of sp³-hybridized carbons (Fsp3) is 0.312. The Hall–Kier alpha value is -2.27. The molecule has 7 heteroatoms. The number of ether oxygens (including phenoxy) is 1. The van der Waals surface area contributed by atoms with Gasteiger partial charge in [-0.15, -0.1) is 11.3 Å². The van der Waals surface area contributed by atoms with E-state index < -0.39 is 0 Å². The van der Waals surface area contributed by atoms with Crippen molar-refractivity contribution >= 4 is 22.9 Å². The normalized spacial score (nSPS) is 15.1. The molecule has 23 heavy (non-hydrogen) atoms. The van der Waals surface area contributed by atoms with Crippen LogP contribution in [-0.2, 0) is 11.3 Å². The summed E-state index contributed by atoms with van der Waals surface area (Å²) in [6.45, 7) is 4.01. The first kappa shape index (κ1) is 15.6. The number of rotatable bonds is 4. The SMILES string of the molecule is N#Cc1cccc(NC(=O)c2csc(CN3CCOCC3)n2)c1. The molecule has 0 spiro atoms. The molecule has 1 aliphatic heterocycles. The van der Waals surface area contributed by atoms with E-state index in [4.69, 9.17) is 10.00 Å². The maximum atomic E-state index is 12.2. The van der Waals surface area contributed by atoms with Gasteiger partial charge in [0, 0.05) is 24.2 Å². The summed E-state index contributed by atoms with van der Waals surface area (Å²) in [5, 5.41) is 14.3. The summed E-state index contributed by atoms with van der Waals surface area (Å²) in [5.41, 5.74) is 1.51. The minimum absolute atomic E-state index is 0.260. The molecule has 6 nitrogen and oxygen atoms in total. The smallest absolute Gasteiger partial charge is 0.275 e. The van der Waals surface area contributed by atoms with Crippen LogP contribution in [0.1, 0.15) is 21.1 Å². The third-order valence-corrected chi connectivity index (χ3v) is 4.33. The summed E-state index contributed by atoms with van der Waals surface area (Å²) in [6.07, 6.45) is 0. The first-order valence-corrected chi connectivity index (χ1v) is 8.18. The molecule has 1 saturated heterocycles. The van der Waals surface area contributed by atoms with E-state index in [1.807, 2.05) is 6.07 Å². The Morgan fingerprint density at radius 1 is 1.43 bits per heavy atom. The lowest BCUT2D eigenvalue weighted by atomic mass is 10.2. The third kappa shape index (κ3) is 4.13. The number of hydrogen-bond acceptors (Lipinski definition) is 6. The second-order valence-corrected chi connectivity index (χ2v) is 6.10. The van der Waals surface area contributed by atoms with Crippen LogP contribution in [-0.4, -0.2) is 42.1 Å². The van der Waals surface area contributed by atoms with Crippen LogP contribution >= 0.6 is 11.3 Å². The van der Waals surface area contributed by atoms with Gasteiger partial charge in [-0.05, 0) is 18.2 Å². The Kier molecular flexibility index (Phi) is 4.98. The van der Waals surface area contributed by atoms with Crippen LogP contribution < -0.4 is 5.32 Å². The fourth-order valence-electron chi connectivity index (χ4n) is 2.30. The van der Waals surface area contributed by atoms with Crippen LogP contribution in [0, 0.1) is 11.3 Å². The summed E-state index contributed by atoms with van der Waals surface area (Å²) >= 11 is 1.48. The highest BCUT2D eigenvalue weighted by atomic mass is 32.1. The largest absolute Gasteiger partial charge is 0.379 e. The molecule has 118 valence electrons. The molecule has 0 radical (unpaired) electrons. The molecule has 0 aliphatic carbocycles. The first-order valence-electron chi connectivity index (χ1n) is 7.30. The van der Waals surface area contributed by atoms with E-state index in [9.17, 15) is 4.79 Å². The predicted molar refractivity (Wildman–Crippen MR) is 87.3 cm³/mol. The molecule has 1 aromatic carbocycles. The maximum absolute atomic E-state index is 12.2. The molecule has 2 aromatic rings. The highest BCUT2D eigenvalue weighted by Crippen LogP contribution is 2.16. The molecule has 0 unspecified atom stereocenters. The summed E-state index contributed by atoms with van der Waals surface area (Å²) in [5.74, 6) is -0.260. The monoisotopic (exact) mass is 328 g/mol. The van der Waals surface area contributed by atoms with Crippen molar-refractivity contribution < 1.29 is 9.53 Å². The maximum Gasteiger partial charge on any atom is 0.275 e. The number of thiazole rings is 1. The van der Waals surface area contributed by atoms with Gasteiger partial charge in [0.25, 0.3) is 5.91 Å². The van der Waals surface area contributed by atoms with E-state index in [2.05, 4.69) is 15.2 Å². The fourth-order valence-corrected chi connectivity index (χ4v) is 3.12. The average Bonchev–Trinajstić information content (AvgIpc) is 3.04. The quantitative estimate of drug-likeness (QED) is 0.930. The number of nitrogens with one attached hydrogen (secondary N) is 1. The zero-order chi connectivity index (χ0) is 16.1. The van der Waals surface area contributed by atoms with E-state index in [0.29, 0.717) is 16.9 Å². The van der Waals surface area contributed by atoms with Crippen molar-refractivity contribution in [2.24, 2.45) is 0 Å². The van der Waals surface area contributed by atoms with E-state index in [1.54, 1.807) is 29.6 Å². The molecular formula is C16H16N4O2S. The van der Waals surface area contributed by atoms with E-state index in [-0.39, 0.29) is 5.91 Å². The van der Waals surface area contributed by atoms with Gasteiger partial charge in [0.2, 0.25) is 0 Å². The molecule has 3 rings (SSSR count). The number of nitriles is 1. The number of nitrogens with zero attached hydrogens (tertiary/aromatic N) is 3. The minimum Gasteiger partial charge on any atom is -0.379 e. The van der Waals surface area contributed by atoms with Crippen LogP contribution in [0.5, 0.6) is 0 Å². The summed E-state index contributed by atoms with van der Waals surface area (Å²) in [4.78, 5) is 18.9. The molecular weight excluding hydrogens is 312 g/mol. The molecule has 1 amide bonds. The average molecular weight is 328 g/mol. The lowest BCUT2D eigenvalue weighted by Gasteiger charge is -2.25. The lowest BCUT2D eigenvalue weighted by Crippen LogP contribution is -2.35. The van der Waals surface area contributed by atoms with E-state index >= 15 is 0 Å². The van der Waals surface area contributed by atoms with Crippen molar-refractivity contribution in [3.63, 3.8) is 0 Å². The molecule has 2 heterocycles. The molecule has 0 atom stereocenters. The second kappa shape index (κ2) is 7.33. The van der Waals surface area contributed by atoms with Gasteiger partial charge < -0.3 is 10.1 Å². The number of morpholine rings is 1. The van der Waals surface area contributed by atoms with Gasteiger partial charge >= 0.3 is 0 Å². The van der Waals surface area contributed by atoms with Gasteiger partial charge in [-0.2, -0.15) is 5.26 Å². The van der Waals surface area contributed by atoms with Gasteiger partial charge in [0.1, 0.15) is 10.7 Å². The van der Waals surface area contributed by atoms with Crippen molar-refractivity contribution in [3.8, 4) is 6.07 Å². The van der Waals surface area contributed by atoms with Crippen molar-refractivity contribution in [3.05, 3.63) is 45.9 Å². The second-order valence-electron chi connectivity index (χ2n) is 5.16. The lowest BCUT2D eigenvalue weighted by molar-refractivity contribution is 0.0341. The Morgan fingerprint density at radius 3 is 3.04 bits per heavy atom. The number of hydrogen-bond donors (Lipinski definition) is 1. The topological polar surface area (TPSA) is 78.2 Å². The van der Waals surface area contributed by atoms with Crippen LogP contribution in [0.3, 0.4) is 0 Å². The number of carbonyl (C=O) groups excluding carboxylic acids is 1. The Balaban J connectivity index is 1.62. The van der Waals surface area contributed by atoms with Gasteiger partial charge in [-0.3, -0.25) is 9.69 Å². The number of carbonyl (C=O) groups is 1. The van der Waals surface area contributed by atoms with Crippen LogP contribution in [0.4, 0.5) is 5.69 Å². The molecule has 1 N–H and O–H groups in total. The summed E-state index contributed by atoms with van der Waals surface area (Å²) < 4.78 is 5.32. The van der Waals surface area contributed by atoms with Crippen molar-refractivity contribution in [2.75, 3.05) is 31.6 Å². The minimum atomic E-state index is -0.260. The Bertz CT molecular complexity index is 732. The standard InChI is InChI=1S/C16H16N4O2S/c17-9-12-2-1-3-13(8-12)18-16(21)14-11-23-15(19-14)10-20-4-6-22-7-5-20/h1-3,8,11H,4-7,10H2,(H,18,21). The van der Waals surface area contributed by atoms with Gasteiger partial charge in [0.05, 0.1) is 31.4 Å². The van der Waals surface area contributed by atoms with Gasteiger partial charge in [-0.1, -0.05) is 6.07 Å². The van der Waals surface area contributed by atoms with Crippen molar-refractivity contribution in [2.45, 2.75) is 6.54 Å². The first-order chi connectivity index (χ1) is 11.2. The third-order valence-electron chi connectivity index (χ3n) is 3.50. The zero-order valence-corrected chi connectivity index (χ0v) is 13.3. The highest BCUT2D eigenvalue weighted by Gasteiger charge is 2.15. The highest BCUT2D eigenvalue weighted by molar-refractivity contribution is 7.09. The predicted octanol–water partition coefficient (Wildman–Crippen LogP) is 2.10. The molecule has 0 saturated carbocycles. The molecule has 1 aromatic heterocycles. The van der Waals surface area contributed by atoms with Gasteiger partial charge in [0.15, 0.2) is 0 Å². The van der Waals surface area contributed by atoms with Crippen LogP contribution in [0.2, 0.25) is 0 Å². The number of amides is 1. The van der Waals surface area contributed by atoms with Crippen LogP contribution in [0.15, 0.2) is 29.6 Å². The zero-order valence-electron chi connectivity index (χ0n) is 12.5. The van der Waals surface area contributed by atoms with Gasteiger partial charge in [-0.25, -0.2) is 4.98 Å².